The molecule has 2 rings (SSSR count). The minimum Gasteiger partial charge on any atom is -0.357 e. The van der Waals surface area contributed by atoms with Gasteiger partial charge in [0.05, 0.1) is 0 Å². The third-order valence-electron chi connectivity index (χ3n) is 2.21. The van der Waals surface area contributed by atoms with Crippen molar-refractivity contribution in [1.29, 1.82) is 0 Å². The van der Waals surface area contributed by atoms with E-state index in [-0.39, 0.29) is 0 Å². The second-order valence-electron chi connectivity index (χ2n) is 3.43. The molecule has 1 heterocycles. The van der Waals surface area contributed by atoms with Crippen molar-refractivity contribution in [1.82, 2.24) is 0 Å². The molecule has 72 valence electrons. The van der Waals surface area contributed by atoms with E-state index in [1.807, 2.05) is 31.2 Å². The van der Waals surface area contributed by atoms with E-state index < -0.39 is 5.00 Å². The number of hydrogen-bond acceptors (Lipinski definition) is 2. The van der Waals surface area contributed by atoms with Gasteiger partial charge in [-0.1, -0.05) is 29.3 Å². The molecule has 0 saturated carbocycles. The Bertz CT molecular complexity index is 414. The van der Waals surface area contributed by atoms with E-state index in [2.05, 4.69) is 5.32 Å². The Morgan fingerprint density at radius 3 is 3.00 bits per heavy atom. The van der Waals surface area contributed by atoms with E-state index in [9.17, 15) is 4.79 Å². The lowest BCUT2D eigenvalue weighted by Crippen LogP contribution is -2.33. The molecule has 0 spiro atoms. The molecule has 0 fully saturated rings. The highest BCUT2D eigenvalue weighted by molar-refractivity contribution is 6.35. The highest BCUT2D eigenvalue weighted by Crippen LogP contribution is 2.30. The number of fused-ring (bicyclic) bond motifs is 1. The summed E-state index contributed by atoms with van der Waals surface area (Å²) < 4.78 is 0. The van der Waals surface area contributed by atoms with E-state index in [1.54, 1.807) is 6.08 Å². The molecule has 1 N–H and O–H groups in total. The van der Waals surface area contributed by atoms with Crippen molar-refractivity contribution in [3.8, 4) is 0 Å². The highest BCUT2D eigenvalue weighted by Gasteiger charge is 2.26. The number of carbonyl (C=O) groups excluding carboxylic acids is 1. The average molecular weight is 208 g/mol. The Morgan fingerprint density at radius 2 is 2.29 bits per heavy atom. The SMILES string of the molecule is Cc1ccc2c(c1)C=C[C@](Cl)(C=O)N2. The van der Waals surface area contributed by atoms with Crippen molar-refractivity contribution < 1.29 is 4.79 Å². The second kappa shape index (κ2) is 3.14. The zero-order valence-electron chi connectivity index (χ0n) is 7.75. The number of halogens is 1. The van der Waals surface area contributed by atoms with Gasteiger partial charge in [-0.15, -0.1) is 0 Å². The molecule has 0 unspecified atom stereocenters. The molecule has 1 aliphatic rings. The van der Waals surface area contributed by atoms with Crippen LogP contribution in [-0.4, -0.2) is 11.3 Å². The summed E-state index contributed by atoms with van der Waals surface area (Å²) in [6, 6.07) is 5.95. The summed E-state index contributed by atoms with van der Waals surface area (Å²) in [7, 11) is 0. The van der Waals surface area contributed by atoms with Gasteiger partial charge in [0.1, 0.15) is 0 Å². The number of anilines is 1. The van der Waals surface area contributed by atoms with Gasteiger partial charge >= 0.3 is 0 Å². The first kappa shape index (κ1) is 9.28. The van der Waals surface area contributed by atoms with Crippen LogP contribution in [-0.2, 0) is 4.79 Å². The predicted molar refractivity (Wildman–Crippen MR) is 58.5 cm³/mol. The van der Waals surface area contributed by atoms with Gasteiger partial charge in [-0.05, 0) is 30.7 Å². The van der Waals surface area contributed by atoms with Gasteiger partial charge < -0.3 is 5.32 Å². The van der Waals surface area contributed by atoms with Crippen molar-refractivity contribution in [3.05, 3.63) is 35.4 Å². The average Bonchev–Trinajstić information content (AvgIpc) is 2.19. The normalized spacial score (nSPS) is 23.9. The molecule has 0 amide bonds. The summed E-state index contributed by atoms with van der Waals surface area (Å²) in [5.74, 6) is 0. The maximum absolute atomic E-state index is 10.7. The fraction of sp³-hybridized carbons (Fsp3) is 0.182. The molecular weight excluding hydrogens is 198 g/mol. The molecular formula is C11H10ClNO. The first-order valence-electron chi connectivity index (χ1n) is 4.36. The molecule has 0 radical (unpaired) electrons. The van der Waals surface area contributed by atoms with E-state index in [0.717, 1.165) is 11.3 Å². The maximum atomic E-state index is 10.7. The highest BCUT2D eigenvalue weighted by atomic mass is 35.5. The van der Waals surface area contributed by atoms with E-state index in [4.69, 9.17) is 11.6 Å². The number of aryl methyl sites for hydroxylation is 1. The number of benzene rings is 1. The summed E-state index contributed by atoms with van der Waals surface area (Å²) in [6.45, 7) is 2.02. The summed E-state index contributed by atoms with van der Waals surface area (Å²) in [5.41, 5.74) is 3.13. The van der Waals surface area contributed by atoms with E-state index in [0.29, 0.717) is 6.29 Å². The first-order valence-corrected chi connectivity index (χ1v) is 4.74. The Morgan fingerprint density at radius 1 is 1.50 bits per heavy atom. The van der Waals surface area contributed by atoms with Gasteiger partial charge in [-0.25, -0.2) is 0 Å². The van der Waals surface area contributed by atoms with Gasteiger partial charge in [0.2, 0.25) is 0 Å². The zero-order valence-corrected chi connectivity index (χ0v) is 8.51. The Labute approximate surface area is 87.6 Å². The molecule has 3 heteroatoms. The third kappa shape index (κ3) is 1.53. The molecule has 0 aromatic heterocycles. The van der Waals surface area contributed by atoms with Crippen molar-refractivity contribution in [2.75, 3.05) is 5.32 Å². The minimum atomic E-state index is -1.08. The summed E-state index contributed by atoms with van der Waals surface area (Å²) in [4.78, 5) is 9.63. The molecule has 0 saturated heterocycles. The monoisotopic (exact) mass is 207 g/mol. The summed E-state index contributed by atoms with van der Waals surface area (Å²) >= 11 is 5.96. The van der Waals surface area contributed by atoms with Crippen molar-refractivity contribution >= 4 is 29.7 Å². The second-order valence-corrected chi connectivity index (χ2v) is 4.06. The maximum Gasteiger partial charge on any atom is 0.187 e. The van der Waals surface area contributed by atoms with Gasteiger partial charge in [0.25, 0.3) is 0 Å². The van der Waals surface area contributed by atoms with Crippen LogP contribution in [0.5, 0.6) is 0 Å². The van der Waals surface area contributed by atoms with Crippen LogP contribution in [0.4, 0.5) is 5.69 Å². The fourth-order valence-electron chi connectivity index (χ4n) is 1.46. The lowest BCUT2D eigenvalue weighted by molar-refractivity contribution is -0.108. The van der Waals surface area contributed by atoms with Gasteiger partial charge in [0.15, 0.2) is 11.3 Å². The molecule has 1 aromatic rings. The molecule has 0 aliphatic carbocycles. The van der Waals surface area contributed by atoms with Crippen LogP contribution in [0.1, 0.15) is 11.1 Å². The van der Waals surface area contributed by atoms with Crippen LogP contribution >= 0.6 is 11.6 Å². The topological polar surface area (TPSA) is 29.1 Å². The number of nitrogens with one attached hydrogen (secondary N) is 1. The lowest BCUT2D eigenvalue weighted by atomic mass is 10.0. The van der Waals surface area contributed by atoms with Crippen LogP contribution < -0.4 is 5.32 Å². The molecule has 1 atom stereocenters. The Balaban J connectivity index is 2.45. The standard InChI is InChI=1S/C11H10ClNO/c1-8-2-3-10-9(6-8)4-5-11(12,7-14)13-10/h2-7,13H,1H3/t11-/m1/s1. The summed E-state index contributed by atoms with van der Waals surface area (Å²) in [5, 5.41) is 2.96. The number of carbonyl (C=O) groups is 1. The molecule has 14 heavy (non-hydrogen) atoms. The van der Waals surface area contributed by atoms with E-state index in [1.165, 1.54) is 5.56 Å². The number of alkyl halides is 1. The van der Waals surface area contributed by atoms with Gasteiger partial charge in [0, 0.05) is 5.69 Å². The third-order valence-corrected chi connectivity index (χ3v) is 2.52. The van der Waals surface area contributed by atoms with Gasteiger partial charge in [-0.2, -0.15) is 0 Å². The van der Waals surface area contributed by atoms with E-state index >= 15 is 0 Å². The number of rotatable bonds is 1. The van der Waals surface area contributed by atoms with Crippen LogP contribution in [0.2, 0.25) is 0 Å². The fourth-order valence-corrected chi connectivity index (χ4v) is 1.63. The molecule has 0 bridgehead atoms. The quantitative estimate of drug-likeness (QED) is 0.436. The van der Waals surface area contributed by atoms with Crippen LogP contribution in [0.3, 0.4) is 0 Å². The van der Waals surface area contributed by atoms with Crippen LogP contribution in [0.15, 0.2) is 24.3 Å². The summed E-state index contributed by atoms with van der Waals surface area (Å²) in [6.07, 6.45) is 4.21. The Kier molecular flexibility index (Phi) is 2.08. The number of hydrogen-bond donors (Lipinski definition) is 1. The van der Waals surface area contributed by atoms with Crippen molar-refractivity contribution in [2.45, 2.75) is 11.9 Å². The van der Waals surface area contributed by atoms with Crippen LogP contribution in [0.25, 0.3) is 6.08 Å². The molecule has 1 aliphatic heterocycles. The first-order chi connectivity index (χ1) is 6.63. The predicted octanol–water partition coefficient (Wildman–Crippen LogP) is 2.57. The largest absolute Gasteiger partial charge is 0.357 e. The lowest BCUT2D eigenvalue weighted by Gasteiger charge is -2.25. The minimum absolute atomic E-state index is 0.688. The zero-order chi connectivity index (χ0) is 10.2. The van der Waals surface area contributed by atoms with Crippen molar-refractivity contribution in [3.63, 3.8) is 0 Å². The molecule has 1 aromatic carbocycles. The van der Waals surface area contributed by atoms with Crippen molar-refractivity contribution in [2.24, 2.45) is 0 Å². The smallest absolute Gasteiger partial charge is 0.187 e. The molecule has 2 nitrogen and oxygen atoms in total. The van der Waals surface area contributed by atoms with Crippen LogP contribution in [0, 0.1) is 6.92 Å². The number of aldehydes is 1. The Hall–Kier alpha value is -1.28. The van der Waals surface area contributed by atoms with Gasteiger partial charge in [-0.3, -0.25) is 4.79 Å².